The summed E-state index contributed by atoms with van der Waals surface area (Å²) in [6.45, 7) is 3.37. The van der Waals surface area contributed by atoms with Crippen LogP contribution in [0.1, 0.15) is 11.1 Å². The maximum absolute atomic E-state index is 13.6. The number of amides is 3. The minimum Gasteiger partial charge on any atom is -0.464 e. The van der Waals surface area contributed by atoms with Crippen molar-refractivity contribution in [3.63, 3.8) is 0 Å². The number of urea groups is 1. The number of hydrogen-bond acceptors (Lipinski definition) is 4. The van der Waals surface area contributed by atoms with Crippen molar-refractivity contribution < 1.29 is 18.4 Å². The quantitative estimate of drug-likeness (QED) is 0.234. The van der Waals surface area contributed by atoms with E-state index in [-0.39, 0.29) is 52.9 Å². The summed E-state index contributed by atoms with van der Waals surface area (Å²) in [7, 11) is 0. The van der Waals surface area contributed by atoms with Gasteiger partial charge >= 0.3 is 6.03 Å². The van der Waals surface area contributed by atoms with Gasteiger partial charge in [-0.25, -0.2) is 9.18 Å². The average molecular weight is 568 g/mol. The summed E-state index contributed by atoms with van der Waals surface area (Å²) in [5.41, 5.74) is 1.34. The highest BCUT2D eigenvalue weighted by Gasteiger charge is 2.23. The molecule has 0 atom stereocenters. The Morgan fingerprint density at radius 1 is 0.974 bits per heavy atom. The predicted octanol–water partition coefficient (Wildman–Crippen LogP) is 6.49. The van der Waals surface area contributed by atoms with Crippen molar-refractivity contribution in [2.24, 2.45) is 0 Å². The van der Waals surface area contributed by atoms with E-state index in [4.69, 9.17) is 27.6 Å². The van der Waals surface area contributed by atoms with Gasteiger partial charge in [-0.2, -0.15) is 0 Å². The number of nitrogens with zero attached hydrogens (tertiary/aromatic N) is 2. The Labute approximate surface area is 234 Å². The van der Waals surface area contributed by atoms with Crippen LogP contribution in [-0.4, -0.2) is 34.8 Å². The van der Waals surface area contributed by atoms with E-state index in [9.17, 15) is 18.8 Å². The summed E-state index contributed by atoms with van der Waals surface area (Å²) in [6, 6.07) is 16.7. The number of fused-ring (bicyclic) bond motifs is 1. The molecule has 0 radical (unpaired) electrons. The largest absolute Gasteiger partial charge is 0.464 e. The number of carbonyl (C=O) groups excluding carboxylic acids is 2. The summed E-state index contributed by atoms with van der Waals surface area (Å²) in [5, 5.41) is 3.47. The first-order valence-corrected chi connectivity index (χ1v) is 12.6. The lowest BCUT2D eigenvalue weighted by atomic mass is 10.1. The SMILES string of the molecule is C=CCN(CC(=O)N(Cc1ccc(F)cc1)Cc1coc2ccccc2c1=O)C(=O)Nc1cccc(Cl)c1Cl. The van der Waals surface area contributed by atoms with Crippen LogP contribution in [0.4, 0.5) is 14.9 Å². The van der Waals surface area contributed by atoms with Gasteiger partial charge < -0.3 is 19.5 Å². The molecule has 1 aromatic heterocycles. The molecular weight excluding hydrogens is 544 g/mol. The van der Waals surface area contributed by atoms with Crippen molar-refractivity contribution in [3.05, 3.63) is 123 Å². The molecule has 0 aliphatic heterocycles. The fraction of sp³-hybridized carbons (Fsp3) is 0.138. The molecule has 0 fully saturated rings. The maximum Gasteiger partial charge on any atom is 0.322 e. The van der Waals surface area contributed by atoms with Crippen LogP contribution in [0, 0.1) is 5.82 Å². The lowest BCUT2D eigenvalue weighted by Crippen LogP contribution is -2.44. The Bertz CT molecular complexity index is 1570. The van der Waals surface area contributed by atoms with Gasteiger partial charge in [0.05, 0.1) is 39.5 Å². The van der Waals surface area contributed by atoms with E-state index in [1.807, 2.05) is 0 Å². The highest BCUT2D eigenvalue weighted by Crippen LogP contribution is 2.29. The first kappa shape index (κ1) is 27.9. The molecule has 10 heteroatoms. The molecule has 200 valence electrons. The van der Waals surface area contributed by atoms with Crippen molar-refractivity contribution in [3.8, 4) is 0 Å². The van der Waals surface area contributed by atoms with Crippen LogP contribution in [0.25, 0.3) is 11.0 Å². The van der Waals surface area contributed by atoms with Crippen LogP contribution < -0.4 is 10.7 Å². The number of nitrogens with one attached hydrogen (secondary N) is 1. The van der Waals surface area contributed by atoms with E-state index in [0.29, 0.717) is 16.5 Å². The fourth-order valence-corrected chi connectivity index (χ4v) is 4.26. The zero-order valence-electron chi connectivity index (χ0n) is 20.7. The van der Waals surface area contributed by atoms with E-state index >= 15 is 0 Å². The van der Waals surface area contributed by atoms with Gasteiger partial charge in [0.15, 0.2) is 5.43 Å². The number of rotatable bonds is 9. The van der Waals surface area contributed by atoms with E-state index in [1.54, 1.807) is 54.6 Å². The van der Waals surface area contributed by atoms with E-state index < -0.39 is 17.8 Å². The van der Waals surface area contributed by atoms with E-state index in [1.165, 1.54) is 34.3 Å². The molecule has 4 rings (SSSR count). The Hall–Kier alpha value is -4.14. The number of anilines is 1. The number of para-hydroxylation sites is 1. The number of benzene rings is 3. The molecular formula is C29H24Cl2FN3O4. The minimum absolute atomic E-state index is 0.0538. The Balaban J connectivity index is 1.60. The van der Waals surface area contributed by atoms with Gasteiger partial charge in [0.2, 0.25) is 5.91 Å². The third-order valence-electron chi connectivity index (χ3n) is 5.91. The smallest absolute Gasteiger partial charge is 0.322 e. The van der Waals surface area contributed by atoms with Crippen LogP contribution in [0.5, 0.6) is 0 Å². The normalized spacial score (nSPS) is 10.7. The zero-order chi connectivity index (χ0) is 27.9. The summed E-state index contributed by atoms with van der Waals surface area (Å²) in [6.07, 6.45) is 2.81. The monoisotopic (exact) mass is 567 g/mol. The van der Waals surface area contributed by atoms with Crippen LogP contribution in [0.2, 0.25) is 10.0 Å². The molecule has 0 unspecified atom stereocenters. The summed E-state index contributed by atoms with van der Waals surface area (Å²) in [5.74, 6) is -0.874. The molecule has 4 aromatic rings. The first-order chi connectivity index (χ1) is 18.8. The molecule has 0 spiro atoms. The highest BCUT2D eigenvalue weighted by molar-refractivity contribution is 6.43. The van der Waals surface area contributed by atoms with Crippen LogP contribution >= 0.6 is 23.2 Å². The van der Waals surface area contributed by atoms with Crippen molar-refractivity contribution in [2.75, 3.05) is 18.4 Å². The first-order valence-electron chi connectivity index (χ1n) is 11.9. The molecule has 1 N–H and O–H groups in total. The predicted molar refractivity (Wildman–Crippen MR) is 150 cm³/mol. The average Bonchev–Trinajstić information content (AvgIpc) is 2.93. The number of carbonyl (C=O) groups is 2. The molecule has 0 aliphatic rings. The Morgan fingerprint density at radius 2 is 1.72 bits per heavy atom. The van der Waals surface area contributed by atoms with Crippen LogP contribution in [0.3, 0.4) is 0 Å². The molecule has 1 heterocycles. The van der Waals surface area contributed by atoms with Crippen molar-refractivity contribution in [1.29, 1.82) is 0 Å². The van der Waals surface area contributed by atoms with Crippen LogP contribution in [0.15, 0.2) is 94.9 Å². The lowest BCUT2D eigenvalue weighted by Gasteiger charge is -2.27. The molecule has 0 aliphatic carbocycles. The molecule has 3 amide bonds. The van der Waals surface area contributed by atoms with Crippen molar-refractivity contribution >= 4 is 51.8 Å². The number of halogens is 3. The summed E-state index contributed by atoms with van der Waals surface area (Å²) in [4.78, 5) is 42.4. The molecule has 39 heavy (non-hydrogen) atoms. The van der Waals surface area contributed by atoms with Gasteiger partial charge in [0.25, 0.3) is 0 Å². The maximum atomic E-state index is 13.6. The Morgan fingerprint density at radius 3 is 2.46 bits per heavy atom. The molecule has 0 saturated carbocycles. The molecule has 7 nitrogen and oxygen atoms in total. The second-order valence-corrected chi connectivity index (χ2v) is 9.45. The number of hydrogen-bond donors (Lipinski definition) is 1. The van der Waals surface area contributed by atoms with Gasteiger partial charge in [-0.05, 0) is 42.0 Å². The summed E-state index contributed by atoms with van der Waals surface area (Å²) >= 11 is 12.2. The second kappa shape index (κ2) is 12.6. The minimum atomic E-state index is -0.598. The van der Waals surface area contributed by atoms with Gasteiger partial charge in [-0.1, -0.05) is 59.6 Å². The second-order valence-electron chi connectivity index (χ2n) is 8.66. The highest BCUT2D eigenvalue weighted by atomic mass is 35.5. The topological polar surface area (TPSA) is 82.9 Å². The zero-order valence-corrected chi connectivity index (χ0v) is 22.2. The van der Waals surface area contributed by atoms with Crippen LogP contribution in [-0.2, 0) is 17.9 Å². The molecule has 0 bridgehead atoms. The van der Waals surface area contributed by atoms with E-state index in [0.717, 1.165) is 0 Å². The standard InChI is InChI=1S/C29H24Cl2FN3O4/c1-2-14-34(29(38)33-24-8-5-7-23(30)27(24)31)17-26(36)35(15-19-10-12-21(32)13-11-19)16-20-18-39-25-9-4-3-6-22(25)28(20)37/h2-13,18H,1,14-17H2,(H,33,38). The third kappa shape index (κ3) is 6.85. The molecule has 3 aromatic carbocycles. The third-order valence-corrected chi connectivity index (χ3v) is 6.73. The molecule has 0 saturated heterocycles. The van der Waals surface area contributed by atoms with Gasteiger partial charge in [-0.3, -0.25) is 9.59 Å². The lowest BCUT2D eigenvalue weighted by molar-refractivity contribution is -0.133. The summed E-state index contributed by atoms with van der Waals surface area (Å²) < 4.78 is 19.1. The van der Waals surface area contributed by atoms with E-state index in [2.05, 4.69) is 11.9 Å². The Kier molecular flexibility index (Phi) is 9.01. The van der Waals surface area contributed by atoms with Crippen molar-refractivity contribution in [2.45, 2.75) is 13.1 Å². The van der Waals surface area contributed by atoms with Gasteiger partial charge in [-0.15, -0.1) is 6.58 Å². The van der Waals surface area contributed by atoms with Gasteiger partial charge in [0.1, 0.15) is 17.9 Å². The van der Waals surface area contributed by atoms with Gasteiger partial charge in [0, 0.05) is 13.1 Å². The fourth-order valence-electron chi connectivity index (χ4n) is 3.91. The van der Waals surface area contributed by atoms with Crippen molar-refractivity contribution in [1.82, 2.24) is 9.80 Å².